The Kier molecular flexibility index (Phi) is 4.93. The topological polar surface area (TPSA) is 75.6 Å². The van der Waals surface area contributed by atoms with Crippen LogP contribution in [0.5, 0.6) is 11.5 Å². The number of hydrogen-bond acceptors (Lipinski definition) is 3. The van der Waals surface area contributed by atoms with Crippen LogP contribution in [0.4, 0.5) is 0 Å². The first-order chi connectivity index (χ1) is 10.5. The number of carboxylic acids is 1. The second-order valence-corrected chi connectivity index (χ2v) is 4.53. The van der Waals surface area contributed by atoms with Crippen molar-refractivity contribution >= 4 is 18.0 Å². The standard InChI is InChI=1S/C17H15NO4/c1-12(19)18-16(17(20)21)11-13-7-9-15(10-8-13)22-14-5-3-2-4-6-14/h2-11H,1H3,(H,18,19)(H,20,21). The highest BCUT2D eigenvalue weighted by atomic mass is 16.5. The highest BCUT2D eigenvalue weighted by Gasteiger charge is 2.08. The molecule has 112 valence electrons. The molecule has 5 nitrogen and oxygen atoms in total. The van der Waals surface area contributed by atoms with Gasteiger partial charge < -0.3 is 15.2 Å². The summed E-state index contributed by atoms with van der Waals surface area (Å²) in [7, 11) is 0. The Hall–Kier alpha value is -3.08. The van der Waals surface area contributed by atoms with Crippen molar-refractivity contribution in [2.45, 2.75) is 6.92 Å². The van der Waals surface area contributed by atoms with Crippen LogP contribution >= 0.6 is 0 Å². The molecule has 0 unspecified atom stereocenters. The van der Waals surface area contributed by atoms with E-state index in [1.165, 1.54) is 13.0 Å². The van der Waals surface area contributed by atoms with Crippen LogP contribution in [0.3, 0.4) is 0 Å². The number of hydrogen-bond donors (Lipinski definition) is 2. The fourth-order valence-corrected chi connectivity index (χ4v) is 1.76. The molecule has 0 spiro atoms. The number of carbonyl (C=O) groups excluding carboxylic acids is 1. The van der Waals surface area contributed by atoms with Crippen molar-refractivity contribution < 1.29 is 19.4 Å². The number of para-hydroxylation sites is 1. The van der Waals surface area contributed by atoms with Gasteiger partial charge in [-0.25, -0.2) is 4.79 Å². The van der Waals surface area contributed by atoms with Crippen molar-refractivity contribution in [3.8, 4) is 11.5 Å². The van der Waals surface area contributed by atoms with Gasteiger partial charge in [0, 0.05) is 6.92 Å². The van der Waals surface area contributed by atoms with Crippen LogP contribution in [-0.4, -0.2) is 17.0 Å². The summed E-state index contributed by atoms with van der Waals surface area (Å²) < 4.78 is 5.64. The highest BCUT2D eigenvalue weighted by Crippen LogP contribution is 2.21. The van der Waals surface area contributed by atoms with E-state index in [1.54, 1.807) is 24.3 Å². The first-order valence-corrected chi connectivity index (χ1v) is 6.60. The van der Waals surface area contributed by atoms with Gasteiger partial charge in [-0.1, -0.05) is 30.3 Å². The smallest absolute Gasteiger partial charge is 0.352 e. The zero-order valence-electron chi connectivity index (χ0n) is 11.9. The minimum Gasteiger partial charge on any atom is -0.477 e. The molecule has 0 heterocycles. The largest absolute Gasteiger partial charge is 0.477 e. The summed E-state index contributed by atoms with van der Waals surface area (Å²) in [5, 5.41) is 11.3. The molecule has 2 rings (SSSR count). The van der Waals surface area contributed by atoms with Crippen molar-refractivity contribution in [1.29, 1.82) is 0 Å². The van der Waals surface area contributed by atoms with Crippen LogP contribution in [0.25, 0.3) is 6.08 Å². The van der Waals surface area contributed by atoms with Crippen molar-refractivity contribution in [2.24, 2.45) is 0 Å². The van der Waals surface area contributed by atoms with Crippen LogP contribution in [0.15, 0.2) is 60.3 Å². The lowest BCUT2D eigenvalue weighted by Crippen LogP contribution is -2.24. The van der Waals surface area contributed by atoms with E-state index in [4.69, 9.17) is 9.84 Å². The third-order valence-electron chi connectivity index (χ3n) is 2.71. The molecule has 5 heteroatoms. The van der Waals surface area contributed by atoms with E-state index in [-0.39, 0.29) is 5.70 Å². The summed E-state index contributed by atoms with van der Waals surface area (Å²) in [6.45, 7) is 1.26. The quantitative estimate of drug-likeness (QED) is 0.832. The molecule has 0 radical (unpaired) electrons. The molecular formula is C17H15NO4. The Bertz CT molecular complexity index is 690. The lowest BCUT2D eigenvalue weighted by Gasteiger charge is -2.06. The molecule has 0 saturated carbocycles. The van der Waals surface area contributed by atoms with E-state index in [2.05, 4.69) is 5.32 Å². The highest BCUT2D eigenvalue weighted by molar-refractivity contribution is 5.96. The molecule has 0 aliphatic carbocycles. The maximum atomic E-state index is 11.0. The lowest BCUT2D eigenvalue weighted by molar-refractivity contribution is -0.134. The van der Waals surface area contributed by atoms with Gasteiger partial charge in [0.05, 0.1) is 0 Å². The first-order valence-electron chi connectivity index (χ1n) is 6.60. The number of ether oxygens (including phenoxy) is 1. The second kappa shape index (κ2) is 7.08. The average Bonchev–Trinajstić information content (AvgIpc) is 2.49. The van der Waals surface area contributed by atoms with Gasteiger partial charge in [0.15, 0.2) is 0 Å². The van der Waals surface area contributed by atoms with Crippen LogP contribution in [0.2, 0.25) is 0 Å². The van der Waals surface area contributed by atoms with E-state index in [9.17, 15) is 9.59 Å². The monoisotopic (exact) mass is 297 g/mol. The van der Waals surface area contributed by atoms with Gasteiger partial charge in [-0.2, -0.15) is 0 Å². The molecule has 0 atom stereocenters. The predicted molar refractivity (Wildman–Crippen MR) is 82.4 cm³/mol. The number of carbonyl (C=O) groups is 2. The number of amides is 1. The molecule has 1 amide bonds. The Balaban J connectivity index is 2.14. The van der Waals surface area contributed by atoms with Crippen molar-refractivity contribution in [3.63, 3.8) is 0 Å². The van der Waals surface area contributed by atoms with E-state index >= 15 is 0 Å². The van der Waals surface area contributed by atoms with Gasteiger partial charge in [-0.3, -0.25) is 4.79 Å². The number of rotatable bonds is 5. The van der Waals surface area contributed by atoms with Crippen molar-refractivity contribution in [3.05, 3.63) is 65.9 Å². The Labute approximate surface area is 127 Å². The Morgan fingerprint density at radius 3 is 2.14 bits per heavy atom. The molecular weight excluding hydrogens is 282 g/mol. The molecule has 0 aromatic heterocycles. The summed E-state index contributed by atoms with van der Waals surface area (Å²) >= 11 is 0. The second-order valence-electron chi connectivity index (χ2n) is 4.53. The SMILES string of the molecule is CC(=O)NC(=Cc1ccc(Oc2ccccc2)cc1)C(=O)O. The Morgan fingerprint density at radius 1 is 1.00 bits per heavy atom. The first kappa shape index (κ1) is 15.3. The van der Waals surface area contributed by atoms with Gasteiger partial charge in [0.2, 0.25) is 5.91 Å². The fraction of sp³-hybridized carbons (Fsp3) is 0.0588. The van der Waals surface area contributed by atoms with Gasteiger partial charge in [-0.05, 0) is 35.9 Å². The molecule has 2 aromatic carbocycles. The van der Waals surface area contributed by atoms with Crippen LogP contribution in [0, 0.1) is 0 Å². The molecule has 2 N–H and O–H groups in total. The average molecular weight is 297 g/mol. The van der Waals surface area contributed by atoms with Crippen LogP contribution < -0.4 is 10.1 Å². The van der Waals surface area contributed by atoms with Crippen LogP contribution in [-0.2, 0) is 9.59 Å². The minimum atomic E-state index is -1.19. The molecule has 0 aliphatic rings. The minimum absolute atomic E-state index is 0.177. The van der Waals surface area contributed by atoms with Crippen LogP contribution in [0.1, 0.15) is 12.5 Å². The fourth-order valence-electron chi connectivity index (χ4n) is 1.76. The maximum absolute atomic E-state index is 11.0. The summed E-state index contributed by atoms with van der Waals surface area (Å²) in [6.07, 6.45) is 1.38. The maximum Gasteiger partial charge on any atom is 0.352 e. The number of benzene rings is 2. The van der Waals surface area contributed by atoms with Gasteiger partial charge >= 0.3 is 5.97 Å². The Morgan fingerprint density at radius 2 is 1.59 bits per heavy atom. The summed E-state index contributed by atoms with van der Waals surface area (Å²) in [5.74, 6) is -0.271. The number of carboxylic acid groups (broad SMARTS) is 1. The van der Waals surface area contributed by atoms with E-state index in [0.717, 1.165) is 5.75 Å². The predicted octanol–water partition coefficient (Wildman–Crippen LogP) is 3.04. The number of aliphatic carboxylic acids is 1. The van der Waals surface area contributed by atoms with Gasteiger partial charge in [0.25, 0.3) is 0 Å². The van der Waals surface area contributed by atoms with E-state index < -0.39 is 11.9 Å². The van der Waals surface area contributed by atoms with Gasteiger partial charge in [-0.15, -0.1) is 0 Å². The molecule has 0 bridgehead atoms. The molecule has 0 fully saturated rings. The lowest BCUT2D eigenvalue weighted by atomic mass is 10.2. The third-order valence-corrected chi connectivity index (χ3v) is 2.71. The summed E-state index contributed by atoms with van der Waals surface area (Å²) in [4.78, 5) is 22.0. The molecule has 0 saturated heterocycles. The summed E-state index contributed by atoms with van der Waals surface area (Å²) in [6, 6.07) is 16.2. The zero-order valence-corrected chi connectivity index (χ0v) is 11.9. The van der Waals surface area contributed by atoms with E-state index in [0.29, 0.717) is 11.3 Å². The molecule has 0 aliphatic heterocycles. The van der Waals surface area contributed by atoms with Crippen molar-refractivity contribution in [1.82, 2.24) is 5.32 Å². The normalized spacial score (nSPS) is 10.9. The van der Waals surface area contributed by atoms with E-state index in [1.807, 2.05) is 30.3 Å². The molecule has 22 heavy (non-hydrogen) atoms. The number of nitrogens with one attached hydrogen (secondary N) is 1. The summed E-state index contributed by atoms with van der Waals surface area (Å²) in [5.41, 5.74) is 0.468. The van der Waals surface area contributed by atoms with Crippen molar-refractivity contribution in [2.75, 3.05) is 0 Å². The molecule has 2 aromatic rings. The zero-order chi connectivity index (χ0) is 15.9. The van der Waals surface area contributed by atoms with Gasteiger partial charge in [0.1, 0.15) is 17.2 Å². The third kappa shape index (κ3) is 4.49.